The minimum atomic E-state index is -6.06. The van der Waals surface area contributed by atoms with Gasteiger partial charge in [-0.1, -0.05) is 54.6 Å². The van der Waals surface area contributed by atoms with Gasteiger partial charge in [0, 0.05) is 11.3 Å². The van der Waals surface area contributed by atoms with E-state index in [1.807, 2.05) is 0 Å². The van der Waals surface area contributed by atoms with Crippen LogP contribution in [0.15, 0.2) is 72.8 Å². The van der Waals surface area contributed by atoms with Crippen LogP contribution in [0.3, 0.4) is 0 Å². The highest BCUT2D eigenvalue weighted by molar-refractivity contribution is 5.98. The molecule has 4 rings (SSSR count). The monoisotopic (exact) mass is 595 g/mol. The Kier molecular flexibility index (Phi) is 8.58. The van der Waals surface area contributed by atoms with Crippen LogP contribution in [0.5, 0.6) is 5.75 Å². The van der Waals surface area contributed by atoms with E-state index >= 15 is 0 Å². The topological polar surface area (TPSA) is 87.1 Å². The third kappa shape index (κ3) is 6.23. The molecule has 42 heavy (non-hydrogen) atoms. The predicted octanol–water partition coefficient (Wildman–Crippen LogP) is 6.16. The normalized spacial score (nSPS) is 16.8. The Balaban J connectivity index is 1.72. The highest BCUT2D eigenvalue weighted by Crippen LogP contribution is 2.51. The van der Waals surface area contributed by atoms with Gasteiger partial charge in [-0.15, -0.1) is 0 Å². The van der Waals surface area contributed by atoms with Crippen LogP contribution >= 0.6 is 0 Å². The van der Waals surface area contributed by atoms with Crippen molar-refractivity contribution < 1.29 is 50.9 Å². The van der Waals surface area contributed by atoms with E-state index < -0.39 is 47.4 Å². The van der Waals surface area contributed by atoms with Crippen molar-refractivity contribution in [1.82, 2.24) is 0 Å². The summed E-state index contributed by atoms with van der Waals surface area (Å²) in [6.07, 6.45) is -13.0. The van der Waals surface area contributed by atoms with Crippen LogP contribution in [0.25, 0.3) is 0 Å². The maximum absolute atomic E-state index is 13.8. The van der Waals surface area contributed by atoms with Gasteiger partial charge in [0.15, 0.2) is 0 Å². The molecular formula is C30H27F6NO5. The number of hydrogen-bond acceptors (Lipinski definition) is 4. The summed E-state index contributed by atoms with van der Waals surface area (Å²) in [5.41, 5.74) is -5.22. The number of anilines is 1. The van der Waals surface area contributed by atoms with Crippen molar-refractivity contribution in [2.24, 2.45) is 0 Å². The summed E-state index contributed by atoms with van der Waals surface area (Å²) in [7, 11) is 0. The standard InChI is InChI=1S/C30H27F6NO5/c1-18(20-5-3-2-4-6-20)27(40)37-17-24(42-23-11-7-19(8-12-23)15-26(38)39)13-9-21-16-22(10-14-25(21)37)28(41,29(31,32)33)30(34,35)36/h2-8,10-12,14,16,18,24,41H,9,13,15,17H2,1H3,(H,38,39). The van der Waals surface area contributed by atoms with Crippen LogP contribution in [0.1, 0.15) is 41.5 Å². The molecule has 0 fully saturated rings. The summed E-state index contributed by atoms with van der Waals surface area (Å²) in [5.74, 6) is -1.85. The number of fused-ring (bicyclic) bond motifs is 1. The lowest BCUT2D eigenvalue weighted by Gasteiger charge is -2.34. The van der Waals surface area contributed by atoms with Gasteiger partial charge in [-0.3, -0.25) is 9.59 Å². The number of aliphatic carboxylic acids is 1. The van der Waals surface area contributed by atoms with Crippen molar-refractivity contribution in [2.45, 2.75) is 56.2 Å². The van der Waals surface area contributed by atoms with E-state index in [4.69, 9.17) is 9.84 Å². The summed E-state index contributed by atoms with van der Waals surface area (Å²) in [6, 6.07) is 17.0. The number of rotatable bonds is 7. The molecule has 0 aromatic heterocycles. The van der Waals surface area contributed by atoms with Crippen molar-refractivity contribution >= 4 is 17.6 Å². The molecule has 0 bridgehead atoms. The summed E-state index contributed by atoms with van der Waals surface area (Å²) < 4.78 is 87.7. The second-order valence-electron chi connectivity index (χ2n) is 10.1. The molecule has 6 nitrogen and oxygen atoms in total. The first-order chi connectivity index (χ1) is 19.6. The summed E-state index contributed by atoms with van der Waals surface area (Å²) in [6.45, 7) is 1.57. The molecule has 3 aromatic carbocycles. The third-order valence-corrected chi connectivity index (χ3v) is 7.25. The number of carboxylic acids is 1. The molecule has 0 spiro atoms. The molecule has 12 heteroatoms. The first-order valence-electron chi connectivity index (χ1n) is 12.9. The Morgan fingerprint density at radius 2 is 1.57 bits per heavy atom. The zero-order valence-corrected chi connectivity index (χ0v) is 22.2. The van der Waals surface area contributed by atoms with Crippen LogP contribution in [-0.4, -0.2) is 47.1 Å². The van der Waals surface area contributed by atoms with Crippen LogP contribution in [0, 0.1) is 0 Å². The molecule has 0 radical (unpaired) electrons. The molecule has 2 N–H and O–H groups in total. The zero-order chi connectivity index (χ0) is 30.9. The molecule has 2 unspecified atom stereocenters. The number of aliphatic hydroxyl groups is 1. The molecular weight excluding hydrogens is 568 g/mol. The van der Waals surface area contributed by atoms with Gasteiger partial charge >= 0.3 is 18.3 Å². The van der Waals surface area contributed by atoms with E-state index in [1.54, 1.807) is 61.5 Å². The van der Waals surface area contributed by atoms with Crippen molar-refractivity contribution in [3.8, 4) is 5.75 Å². The lowest BCUT2D eigenvalue weighted by molar-refractivity contribution is -0.376. The number of ether oxygens (including phenoxy) is 1. The molecule has 1 amide bonds. The SMILES string of the molecule is CC(C(=O)N1CC(Oc2ccc(CC(=O)O)cc2)CCc2cc(C(O)(C(F)(F)F)C(F)(F)F)ccc21)c1ccccc1. The number of aryl methyl sites for hydroxylation is 1. The van der Waals surface area contributed by atoms with Gasteiger partial charge in [-0.25, -0.2) is 0 Å². The van der Waals surface area contributed by atoms with Crippen LogP contribution < -0.4 is 9.64 Å². The minimum absolute atomic E-state index is 0.0101. The van der Waals surface area contributed by atoms with Crippen molar-refractivity contribution in [2.75, 3.05) is 11.4 Å². The molecule has 0 aliphatic carbocycles. The summed E-state index contributed by atoms with van der Waals surface area (Å²) in [5, 5.41) is 18.9. The average Bonchev–Trinajstić information content (AvgIpc) is 3.11. The van der Waals surface area contributed by atoms with Crippen molar-refractivity contribution in [3.05, 3.63) is 95.1 Å². The number of carbonyl (C=O) groups excluding carboxylic acids is 1. The first-order valence-corrected chi connectivity index (χ1v) is 12.9. The molecule has 3 aromatic rings. The van der Waals surface area contributed by atoms with Crippen LogP contribution in [-0.2, 0) is 28.0 Å². The average molecular weight is 596 g/mol. The summed E-state index contributed by atoms with van der Waals surface area (Å²) in [4.78, 5) is 26.0. The molecule has 0 saturated heterocycles. The Morgan fingerprint density at radius 1 is 0.952 bits per heavy atom. The number of alkyl halides is 6. The van der Waals surface area contributed by atoms with E-state index in [0.717, 1.165) is 6.07 Å². The zero-order valence-electron chi connectivity index (χ0n) is 22.2. The van der Waals surface area contributed by atoms with E-state index in [9.17, 15) is 41.0 Å². The van der Waals surface area contributed by atoms with E-state index in [1.165, 1.54) is 4.90 Å². The number of benzene rings is 3. The number of nitrogens with zero attached hydrogens (tertiary/aromatic N) is 1. The van der Waals surface area contributed by atoms with Gasteiger partial charge in [0.1, 0.15) is 11.9 Å². The van der Waals surface area contributed by atoms with Crippen LogP contribution in [0.4, 0.5) is 32.0 Å². The number of carbonyl (C=O) groups is 2. The quantitative estimate of drug-likeness (QED) is 0.320. The van der Waals surface area contributed by atoms with Crippen LogP contribution in [0.2, 0.25) is 0 Å². The molecule has 1 aliphatic rings. The molecule has 1 heterocycles. The molecule has 1 aliphatic heterocycles. The number of amides is 1. The van der Waals surface area contributed by atoms with Gasteiger partial charge < -0.3 is 19.8 Å². The molecule has 2 atom stereocenters. The highest BCUT2D eigenvalue weighted by atomic mass is 19.4. The van der Waals surface area contributed by atoms with Gasteiger partial charge in [0.05, 0.1) is 18.9 Å². The van der Waals surface area contributed by atoms with Crippen molar-refractivity contribution in [1.29, 1.82) is 0 Å². The largest absolute Gasteiger partial charge is 0.489 e. The van der Waals surface area contributed by atoms with E-state index in [-0.39, 0.29) is 37.1 Å². The fourth-order valence-electron chi connectivity index (χ4n) is 4.95. The number of carboxylic acid groups (broad SMARTS) is 1. The van der Waals surface area contributed by atoms with Gasteiger partial charge in [0.2, 0.25) is 5.91 Å². The first kappa shape index (κ1) is 30.9. The van der Waals surface area contributed by atoms with Gasteiger partial charge in [0.25, 0.3) is 5.60 Å². The van der Waals surface area contributed by atoms with Gasteiger partial charge in [-0.2, -0.15) is 26.3 Å². The Hall–Kier alpha value is -4.06. The molecule has 224 valence electrons. The fraction of sp³-hybridized carbons (Fsp3) is 0.333. The predicted molar refractivity (Wildman–Crippen MR) is 140 cm³/mol. The number of halogens is 6. The second-order valence-corrected chi connectivity index (χ2v) is 10.1. The Morgan fingerprint density at radius 3 is 2.14 bits per heavy atom. The summed E-state index contributed by atoms with van der Waals surface area (Å²) >= 11 is 0. The Bertz CT molecular complexity index is 1410. The Labute approximate surface area is 237 Å². The van der Waals surface area contributed by atoms with E-state index in [0.29, 0.717) is 29.0 Å². The third-order valence-electron chi connectivity index (χ3n) is 7.25. The highest BCUT2D eigenvalue weighted by Gasteiger charge is 2.71. The fourth-order valence-corrected chi connectivity index (χ4v) is 4.95. The second kappa shape index (κ2) is 11.7. The maximum atomic E-state index is 13.8. The molecule has 0 saturated carbocycles. The lowest BCUT2D eigenvalue weighted by atomic mass is 9.89. The van der Waals surface area contributed by atoms with Crippen molar-refractivity contribution in [3.63, 3.8) is 0 Å². The smallest absolute Gasteiger partial charge is 0.430 e. The van der Waals surface area contributed by atoms with E-state index in [2.05, 4.69) is 0 Å². The number of hydrogen-bond donors (Lipinski definition) is 2. The lowest BCUT2D eigenvalue weighted by Crippen LogP contribution is -2.54. The van der Waals surface area contributed by atoms with Gasteiger partial charge in [-0.05, 0) is 54.7 Å². The maximum Gasteiger partial charge on any atom is 0.430 e. The minimum Gasteiger partial charge on any atom is -0.489 e.